The molecule has 1 aromatic heterocycles. The van der Waals surface area contributed by atoms with Gasteiger partial charge in [0.1, 0.15) is 5.75 Å². The lowest BCUT2D eigenvalue weighted by atomic mass is 9.98. The zero-order valence-electron chi connectivity index (χ0n) is 15.1. The Morgan fingerprint density at radius 2 is 2.20 bits per heavy atom. The van der Waals surface area contributed by atoms with E-state index < -0.39 is 6.10 Å². The fourth-order valence-corrected chi connectivity index (χ4v) is 3.18. The molecule has 0 aliphatic carbocycles. The summed E-state index contributed by atoms with van der Waals surface area (Å²) in [6.07, 6.45) is 4.58. The summed E-state index contributed by atoms with van der Waals surface area (Å²) in [5.41, 5.74) is 3.49. The molecule has 2 N–H and O–H groups in total. The van der Waals surface area contributed by atoms with Crippen molar-refractivity contribution in [1.82, 2.24) is 9.88 Å². The van der Waals surface area contributed by atoms with E-state index in [9.17, 15) is 9.90 Å². The van der Waals surface area contributed by atoms with Gasteiger partial charge in [-0.05, 0) is 36.1 Å². The standard InChI is InChI=1S/C20H26N2O3/c1-13(2)19(23)11-20(24)22-8-6-14(7-9-22)17-12-21-18-5-4-15(25-3)10-16(17)18/h4-6,10,12-13,19,21,23H,7-9,11H2,1-3H3. The molecule has 0 saturated carbocycles. The first-order chi connectivity index (χ1) is 12.0. The number of rotatable bonds is 5. The second-order valence-electron chi connectivity index (χ2n) is 6.95. The molecule has 1 aromatic carbocycles. The van der Waals surface area contributed by atoms with Gasteiger partial charge in [0.05, 0.1) is 19.6 Å². The molecule has 1 atom stereocenters. The number of methoxy groups -OCH3 is 1. The number of H-pyrrole nitrogens is 1. The number of hydrogen-bond acceptors (Lipinski definition) is 3. The number of aromatic amines is 1. The number of aromatic nitrogens is 1. The number of carbonyl (C=O) groups excluding carboxylic acids is 1. The van der Waals surface area contributed by atoms with Crippen LogP contribution in [0.15, 0.2) is 30.5 Å². The van der Waals surface area contributed by atoms with Crippen LogP contribution in [-0.2, 0) is 4.79 Å². The Kier molecular flexibility index (Phi) is 5.13. The lowest BCUT2D eigenvalue weighted by molar-refractivity contribution is -0.133. The number of nitrogens with zero attached hydrogens (tertiary/aromatic N) is 1. The summed E-state index contributed by atoms with van der Waals surface area (Å²) in [6.45, 7) is 5.14. The fraction of sp³-hybridized carbons (Fsp3) is 0.450. The van der Waals surface area contributed by atoms with Gasteiger partial charge in [-0.2, -0.15) is 0 Å². The van der Waals surface area contributed by atoms with E-state index in [-0.39, 0.29) is 18.2 Å². The predicted octanol–water partition coefficient (Wildman–Crippen LogP) is 3.20. The van der Waals surface area contributed by atoms with Crippen LogP contribution in [0.4, 0.5) is 0 Å². The maximum Gasteiger partial charge on any atom is 0.225 e. The second kappa shape index (κ2) is 7.31. The highest BCUT2D eigenvalue weighted by atomic mass is 16.5. The van der Waals surface area contributed by atoms with Crippen molar-refractivity contribution in [2.24, 2.45) is 5.92 Å². The van der Waals surface area contributed by atoms with Crippen LogP contribution in [0, 0.1) is 5.92 Å². The highest BCUT2D eigenvalue weighted by Gasteiger charge is 2.22. The third-order valence-electron chi connectivity index (χ3n) is 4.95. The Labute approximate surface area is 148 Å². The molecule has 5 heteroatoms. The van der Waals surface area contributed by atoms with Crippen LogP contribution in [0.5, 0.6) is 5.75 Å². The van der Waals surface area contributed by atoms with Crippen LogP contribution >= 0.6 is 0 Å². The molecule has 2 heterocycles. The number of aliphatic hydroxyl groups excluding tert-OH is 1. The van der Waals surface area contributed by atoms with Crippen LogP contribution in [0.25, 0.3) is 16.5 Å². The van der Waals surface area contributed by atoms with Crippen molar-refractivity contribution in [3.63, 3.8) is 0 Å². The highest BCUT2D eigenvalue weighted by Crippen LogP contribution is 2.31. The number of hydrogen-bond donors (Lipinski definition) is 2. The summed E-state index contributed by atoms with van der Waals surface area (Å²) in [4.78, 5) is 17.4. The van der Waals surface area contributed by atoms with Gasteiger partial charge in [-0.1, -0.05) is 19.9 Å². The van der Waals surface area contributed by atoms with Gasteiger partial charge in [-0.3, -0.25) is 4.79 Å². The molecule has 0 spiro atoms. The van der Waals surface area contributed by atoms with Crippen LogP contribution in [0.3, 0.4) is 0 Å². The van der Waals surface area contributed by atoms with Gasteiger partial charge in [-0.15, -0.1) is 0 Å². The van der Waals surface area contributed by atoms with Gasteiger partial charge in [-0.25, -0.2) is 0 Å². The molecule has 3 rings (SSSR count). The topological polar surface area (TPSA) is 65.6 Å². The minimum Gasteiger partial charge on any atom is -0.497 e. The smallest absolute Gasteiger partial charge is 0.225 e. The Morgan fingerprint density at radius 3 is 2.84 bits per heavy atom. The van der Waals surface area contributed by atoms with Crippen molar-refractivity contribution < 1.29 is 14.6 Å². The van der Waals surface area contributed by atoms with Gasteiger partial charge >= 0.3 is 0 Å². The molecule has 134 valence electrons. The van der Waals surface area contributed by atoms with E-state index in [0.717, 1.165) is 23.1 Å². The van der Waals surface area contributed by atoms with Crippen molar-refractivity contribution in [2.75, 3.05) is 20.2 Å². The summed E-state index contributed by atoms with van der Waals surface area (Å²) in [6, 6.07) is 6.00. The zero-order chi connectivity index (χ0) is 18.0. The highest BCUT2D eigenvalue weighted by molar-refractivity contribution is 5.94. The van der Waals surface area contributed by atoms with Crippen molar-refractivity contribution in [2.45, 2.75) is 32.8 Å². The predicted molar refractivity (Wildman–Crippen MR) is 99.5 cm³/mol. The van der Waals surface area contributed by atoms with Gasteiger partial charge in [0.15, 0.2) is 0 Å². The Hall–Kier alpha value is -2.27. The average molecular weight is 342 g/mol. The molecule has 0 bridgehead atoms. The summed E-state index contributed by atoms with van der Waals surface area (Å²) in [5, 5.41) is 11.1. The summed E-state index contributed by atoms with van der Waals surface area (Å²) >= 11 is 0. The molecule has 25 heavy (non-hydrogen) atoms. The largest absolute Gasteiger partial charge is 0.497 e. The van der Waals surface area contributed by atoms with E-state index in [4.69, 9.17) is 4.74 Å². The maximum atomic E-state index is 12.3. The van der Waals surface area contributed by atoms with Gasteiger partial charge in [0.2, 0.25) is 5.91 Å². The number of carbonyl (C=O) groups is 1. The van der Waals surface area contributed by atoms with Crippen molar-refractivity contribution >= 4 is 22.4 Å². The summed E-state index contributed by atoms with van der Waals surface area (Å²) in [7, 11) is 1.67. The molecular weight excluding hydrogens is 316 g/mol. The molecule has 1 aliphatic heterocycles. The minimum absolute atomic E-state index is 0.0251. The number of ether oxygens (including phenoxy) is 1. The van der Waals surface area contributed by atoms with E-state index in [0.29, 0.717) is 13.1 Å². The first kappa shape index (κ1) is 17.5. The number of aliphatic hydroxyl groups is 1. The molecule has 1 amide bonds. The molecule has 0 fully saturated rings. The van der Waals surface area contributed by atoms with Gasteiger partial charge in [0, 0.05) is 35.8 Å². The summed E-state index contributed by atoms with van der Waals surface area (Å²) in [5.74, 6) is 0.961. The molecule has 0 saturated heterocycles. The van der Waals surface area contributed by atoms with Gasteiger partial charge in [0.25, 0.3) is 0 Å². The lowest BCUT2D eigenvalue weighted by Crippen LogP contribution is -2.37. The SMILES string of the molecule is COc1ccc2[nH]cc(C3=CCN(C(=O)CC(O)C(C)C)CC3)c2c1. The number of fused-ring (bicyclic) bond motifs is 1. The maximum absolute atomic E-state index is 12.3. The third-order valence-corrected chi connectivity index (χ3v) is 4.95. The second-order valence-corrected chi connectivity index (χ2v) is 6.95. The third kappa shape index (κ3) is 3.71. The zero-order valence-corrected chi connectivity index (χ0v) is 15.1. The van der Waals surface area contributed by atoms with E-state index in [1.807, 2.05) is 43.1 Å². The Bertz CT molecular complexity index is 791. The Balaban J connectivity index is 1.74. The number of amides is 1. The quantitative estimate of drug-likeness (QED) is 0.877. The summed E-state index contributed by atoms with van der Waals surface area (Å²) < 4.78 is 5.33. The van der Waals surface area contributed by atoms with Crippen LogP contribution in [-0.4, -0.2) is 47.2 Å². The molecule has 2 aromatic rings. The van der Waals surface area contributed by atoms with E-state index in [1.54, 1.807) is 7.11 Å². The van der Waals surface area contributed by atoms with Gasteiger partial charge < -0.3 is 19.7 Å². The monoisotopic (exact) mass is 342 g/mol. The van der Waals surface area contributed by atoms with Crippen molar-refractivity contribution in [3.05, 3.63) is 36.0 Å². The molecule has 5 nitrogen and oxygen atoms in total. The van der Waals surface area contributed by atoms with Crippen LogP contribution in [0.2, 0.25) is 0 Å². The van der Waals surface area contributed by atoms with Crippen LogP contribution in [0.1, 0.15) is 32.3 Å². The van der Waals surface area contributed by atoms with Crippen molar-refractivity contribution in [3.8, 4) is 5.75 Å². The number of nitrogens with one attached hydrogen (secondary N) is 1. The first-order valence-electron chi connectivity index (χ1n) is 8.80. The Morgan fingerprint density at radius 1 is 1.40 bits per heavy atom. The minimum atomic E-state index is -0.570. The first-order valence-corrected chi connectivity index (χ1v) is 8.80. The fourth-order valence-electron chi connectivity index (χ4n) is 3.18. The van der Waals surface area contributed by atoms with E-state index in [1.165, 1.54) is 11.1 Å². The normalized spacial score (nSPS) is 16.2. The molecule has 1 unspecified atom stereocenters. The van der Waals surface area contributed by atoms with Crippen molar-refractivity contribution in [1.29, 1.82) is 0 Å². The molecule has 0 radical (unpaired) electrons. The number of benzene rings is 1. The average Bonchev–Trinajstić information content (AvgIpc) is 3.04. The van der Waals surface area contributed by atoms with E-state index >= 15 is 0 Å². The molecular formula is C20H26N2O3. The lowest BCUT2D eigenvalue weighted by Gasteiger charge is -2.28. The van der Waals surface area contributed by atoms with Crippen LogP contribution < -0.4 is 4.74 Å². The van der Waals surface area contributed by atoms with E-state index in [2.05, 4.69) is 11.1 Å². The molecule has 1 aliphatic rings.